The summed E-state index contributed by atoms with van der Waals surface area (Å²) in [5.74, 6) is 0.887. The molecule has 0 amide bonds. The zero-order chi connectivity index (χ0) is 7.68. The van der Waals surface area contributed by atoms with Crippen LogP contribution < -0.4 is 0 Å². The van der Waals surface area contributed by atoms with E-state index in [9.17, 15) is 0 Å². The van der Waals surface area contributed by atoms with Gasteiger partial charge in [0.2, 0.25) is 0 Å². The molecule has 2 rings (SSSR count). The highest BCUT2D eigenvalue weighted by atomic mass is 35.5. The van der Waals surface area contributed by atoms with Gasteiger partial charge in [-0.1, -0.05) is 0 Å². The first-order chi connectivity index (χ1) is 5.36. The van der Waals surface area contributed by atoms with E-state index in [-0.39, 0.29) is 12.4 Å². The maximum Gasteiger partial charge on any atom is 0.151 e. The van der Waals surface area contributed by atoms with Crippen LogP contribution in [-0.2, 0) is 0 Å². The van der Waals surface area contributed by atoms with Crippen molar-refractivity contribution < 1.29 is 0 Å². The molecule has 0 saturated heterocycles. The molecular weight excluding hydrogens is 176 g/mol. The number of aromatic amines is 1. The highest BCUT2D eigenvalue weighted by Crippen LogP contribution is 2.00. The molecule has 0 aliphatic carbocycles. The summed E-state index contributed by atoms with van der Waals surface area (Å²) in [5.41, 5.74) is 1.000. The van der Waals surface area contributed by atoms with Crippen molar-refractivity contribution in [2.45, 2.75) is 6.92 Å². The molecule has 0 spiro atoms. The van der Waals surface area contributed by atoms with E-state index in [1.807, 2.05) is 19.2 Å². The molecule has 0 radical (unpaired) electrons. The zero-order valence-corrected chi connectivity index (χ0v) is 7.38. The third kappa shape index (κ3) is 1.48. The van der Waals surface area contributed by atoms with Crippen molar-refractivity contribution in [3.63, 3.8) is 0 Å². The van der Waals surface area contributed by atoms with Crippen LogP contribution in [0.5, 0.6) is 0 Å². The first-order valence-electron chi connectivity index (χ1n) is 3.37. The van der Waals surface area contributed by atoms with Crippen LogP contribution in [0.1, 0.15) is 5.69 Å². The highest BCUT2D eigenvalue weighted by Gasteiger charge is 1.96. The Morgan fingerprint density at radius 2 is 2.33 bits per heavy atom. The fraction of sp³-hybridized carbons (Fsp3) is 0.143. The topological polar surface area (TPSA) is 46.5 Å². The van der Waals surface area contributed by atoms with Gasteiger partial charge >= 0.3 is 0 Å². The fourth-order valence-corrected chi connectivity index (χ4v) is 0.923. The maximum atomic E-state index is 4.20. The van der Waals surface area contributed by atoms with Crippen molar-refractivity contribution in [1.82, 2.24) is 19.7 Å². The maximum absolute atomic E-state index is 4.20. The summed E-state index contributed by atoms with van der Waals surface area (Å²) in [6.07, 6.45) is 5.25. The van der Waals surface area contributed by atoms with Crippen LogP contribution in [-0.4, -0.2) is 19.7 Å². The number of nitrogens with one attached hydrogen (secondary N) is 1. The molecule has 0 aliphatic heterocycles. The molecule has 2 aromatic rings. The van der Waals surface area contributed by atoms with Crippen LogP contribution in [0.2, 0.25) is 0 Å². The van der Waals surface area contributed by atoms with Gasteiger partial charge in [0.25, 0.3) is 0 Å². The molecule has 64 valence electrons. The average Bonchev–Trinajstić information content (AvgIpc) is 2.55. The Kier molecular flexibility index (Phi) is 2.50. The summed E-state index contributed by atoms with van der Waals surface area (Å²) in [6.45, 7) is 1.95. The van der Waals surface area contributed by atoms with Crippen molar-refractivity contribution in [2.24, 2.45) is 0 Å². The van der Waals surface area contributed by atoms with Crippen LogP contribution in [0.4, 0.5) is 0 Å². The van der Waals surface area contributed by atoms with E-state index in [0.29, 0.717) is 0 Å². The number of H-pyrrole nitrogens is 1. The van der Waals surface area contributed by atoms with Gasteiger partial charge in [-0.2, -0.15) is 5.10 Å². The number of imidazole rings is 1. The summed E-state index contributed by atoms with van der Waals surface area (Å²) >= 11 is 0. The molecule has 4 nitrogen and oxygen atoms in total. The standard InChI is InChI=1S/C7H8N4.ClH/c1-6-2-3-11(10-6)7-4-8-5-9-7;/h2-5H,1H3,(H,8,9);1H. The van der Waals surface area contributed by atoms with Crippen molar-refractivity contribution in [1.29, 1.82) is 0 Å². The summed E-state index contributed by atoms with van der Waals surface area (Å²) < 4.78 is 1.75. The quantitative estimate of drug-likeness (QED) is 0.727. The number of hydrogen-bond donors (Lipinski definition) is 1. The van der Waals surface area contributed by atoms with Crippen LogP contribution >= 0.6 is 12.4 Å². The van der Waals surface area contributed by atoms with Gasteiger partial charge < -0.3 is 4.98 Å². The lowest BCUT2D eigenvalue weighted by Crippen LogP contribution is -1.94. The number of hydrogen-bond acceptors (Lipinski definition) is 2. The summed E-state index contributed by atoms with van der Waals surface area (Å²) in [7, 11) is 0. The van der Waals surface area contributed by atoms with E-state index < -0.39 is 0 Å². The Balaban J connectivity index is 0.000000720. The van der Waals surface area contributed by atoms with Crippen molar-refractivity contribution in [2.75, 3.05) is 0 Å². The van der Waals surface area contributed by atoms with Crippen molar-refractivity contribution >= 4 is 12.4 Å². The molecule has 2 aromatic heterocycles. The lowest BCUT2D eigenvalue weighted by atomic mass is 10.5. The summed E-state index contributed by atoms with van der Waals surface area (Å²) in [4.78, 5) is 6.85. The van der Waals surface area contributed by atoms with E-state index in [1.165, 1.54) is 0 Å². The molecule has 5 heteroatoms. The Labute approximate surface area is 76.0 Å². The van der Waals surface area contributed by atoms with Gasteiger partial charge in [-0.15, -0.1) is 12.4 Å². The number of aromatic nitrogens is 4. The molecule has 0 atom stereocenters. The smallest absolute Gasteiger partial charge is 0.151 e. The molecule has 0 unspecified atom stereocenters. The van der Waals surface area contributed by atoms with Gasteiger partial charge in [0, 0.05) is 6.20 Å². The molecular formula is C7H9ClN4. The normalized spacial score (nSPS) is 9.42. The predicted molar refractivity (Wildman–Crippen MR) is 47.7 cm³/mol. The Hall–Kier alpha value is -1.29. The largest absolute Gasteiger partial charge is 0.330 e. The summed E-state index contributed by atoms with van der Waals surface area (Å²) in [6, 6.07) is 1.95. The minimum atomic E-state index is 0. The number of rotatable bonds is 1. The number of aryl methyl sites for hydroxylation is 1. The Morgan fingerprint density at radius 3 is 2.83 bits per heavy atom. The summed E-state index contributed by atoms with van der Waals surface area (Å²) in [5, 5.41) is 4.20. The fourth-order valence-electron chi connectivity index (χ4n) is 0.923. The van der Waals surface area contributed by atoms with Crippen LogP contribution in [0, 0.1) is 6.92 Å². The van der Waals surface area contributed by atoms with E-state index in [4.69, 9.17) is 0 Å². The van der Waals surface area contributed by atoms with E-state index in [2.05, 4.69) is 15.1 Å². The Bertz CT molecular complexity index is 338. The van der Waals surface area contributed by atoms with Gasteiger partial charge in [0.05, 0.1) is 18.2 Å². The molecule has 1 N–H and O–H groups in total. The van der Waals surface area contributed by atoms with Crippen LogP contribution in [0.25, 0.3) is 5.82 Å². The van der Waals surface area contributed by atoms with Crippen molar-refractivity contribution in [3.05, 3.63) is 30.5 Å². The lowest BCUT2D eigenvalue weighted by Gasteiger charge is -1.92. The molecule has 2 heterocycles. The SMILES string of the molecule is Cc1ccn(-c2cnc[nH]2)n1.Cl. The van der Waals surface area contributed by atoms with Gasteiger partial charge in [0.15, 0.2) is 5.82 Å². The third-order valence-electron chi connectivity index (χ3n) is 1.45. The second-order valence-electron chi connectivity index (χ2n) is 2.34. The lowest BCUT2D eigenvalue weighted by molar-refractivity contribution is 0.839. The zero-order valence-electron chi connectivity index (χ0n) is 6.56. The minimum Gasteiger partial charge on any atom is -0.330 e. The van der Waals surface area contributed by atoms with E-state index in [1.54, 1.807) is 17.2 Å². The molecule has 0 fully saturated rings. The van der Waals surface area contributed by atoms with E-state index in [0.717, 1.165) is 11.5 Å². The number of nitrogens with zero attached hydrogens (tertiary/aromatic N) is 3. The first kappa shape index (κ1) is 8.80. The van der Waals surface area contributed by atoms with Crippen LogP contribution in [0.15, 0.2) is 24.8 Å². The predicted octanol–water partition coefficient (Wildman–Crippen LogP) is 1.33. The molecule has 12 heavy (non-hydrogen) atoms. The van der Waals surface area contributed by atoms with Crippen molar-refractivity contribution in [3.8, 4) is 5.82 Å². The average molecular weight is 185 g/mol. The second-order valence-corrected chi connectivity index (χ2v) is 2.34. The van der Waals surface area contributed by atoms with Gasteiger partial charge in [-0.25, -0.2) is 9.67 Å². The monoisotopic (exact) mass is 184 g/mol. The second kappa shape index (κ2) is 3.40. The molecule has 0 bridgehead atoms. The highest BCUT2D eigenvalue weighted by molar-refractivity contribution is 5.85. The Morgan fingerprint density at radius 1 is 1.50 bits per heavy atom. The molecule has 0 saturated carbocycles. The van der Waals surface area contributed by atoms with E-state index >= 15 is 0 Å². The van der Waals surface area contributed by atoms with Gasteiger partial charge in [0.1, 0.15) is 0 Å². The van der Waals surface area contributed by atoms with Gasteiger partial charge in [-0.05, 0) is 13.0 Å². The van der Waals surface area contributed by atoms with Crippen LogP contribution in [0.3, 0.4) is 0 Å². The third-order valence-corrected chi connectivity index (χ3v) is 1.45. The molecule has 0 aromatic carbocycles. The van der Waals surface area contributed by atoms with Gasteiger partial charge in [-0.3, -0.25) is 0 Å². The minimum absolute atomic E-state index is 0. The molecule has 0 aliphatic rings. The number of halogens is 1. The first-order valence-corrected chi connectivity index (χ1v) is 3.37.